The lowest BCUT2D eigenvalue weighted by atomic mass is 9.67. The van der Waals surface area contributed by atoms with E-state index in [1.807, 2.05) is 12.1 Å². The molecule has 182 valence electrons. The van der Waals surface area contributed by atoms with Crippen LogP contribution in [0.5, 0.6) is 5.75 Å². The van der Waals surface area contributed by atoms with E-state index < -0.39 is 29.7 Å². The van der Waals surface area contributed by atoms with E-state index in [2.05, 4.69) is 26.8 Å². The first-order valence-corrected chi connectivity index (χ1v) is 12.0. The summed E-state index contributed by atoms with van der Waals surface area (Å²) in [6.45, 7) is 6.70. The Hall–Kier alpha value is -2.93. The Labute approximate surface area is 200 Å². The topological polar surface area (TPSA) is 93.1 Å². The minimum Gasteiger partial charge on any atom is -0.508 e. The Kier molecular flexibility index (Phi) is 6.94. The molecule has 2 heterocycles. The minimum atomic E-state index is -0.905. The second-order valence-electron chi connectivity index (χ2n) is 9.67. The second kappa shape index (κ2) is 9.74. The van der Waals surface area contributed by atoms with Crippen molar-refractivity contribution < 1.29 is 29.0 Å². The average molecular weight is 468 g/mol. The number of carbonyl (C=O) groups is 3. The highest BCUT2D eigenvalue weighted by Gasteiger charge is 2.59. The van der Waals surface area contributed by atoms with Crippen molar-refractivity contribution in [1.82, 2.24) is 4.90 Å². The fourth-order valence-electron chi connectivity index (χ4n) is 5.75. The number of hydrogen-bond donors (Lipinski definition) is 1. The lowest BCUT2D eigenvalue weighted by molar-refractivity contribution is -0.137. The van der Waals surface area contributed by atoms with Crippen LogP contribution in [-0.4, -0.2) is 47.7 Å². The molecular weight excluding hydrogens is 434 g/mol. The maximum atomic E-state index is 13.1. The monoisotopic (exact) mass is 467 g/mol. The zero-order chi connectivity index (χ0) is 24.6. The summed E-state index contributed by atoms with van der Waals surface area (Å²) < 4.78 is 10.9. The number of rotatable bonds is 6. The van der Waals surface area contributed by atoms with E-state index in [0.717, 1.165) is 30.4 Å². The Balaban J connectivity index is 1.57. The molecule has 2 fully saturated rings. The number of allylic oxidation sites excluding steroid dienone is 2. The molecule has 0 bridgehead atoms. The molecule has 0 unspecified atom stereocenters. The number of benzene rings is 1. The van der Waals surface area contributed by atoms with E-state index in [0.29, 0.717) is 17.9 Å². The molecule has 0 saturated carbocycles. The third-order valence-electron chi connectivity index (χ3n) is 7.42. The SMILES string of the molecule is CC/C(=C\c1cccc(O)c1)CC[C@H]1OC[C@H]2C1=C(C(C)C)C[C@H]1C(=O)N(C(=O)OC)C(=O)[C@H]12. The molecule has 1 aromatic rings. The van der Waals surface area contributed by atoms with Gasteiger partial charge in [0.1, 0.15) is 5.75 Å². The van der Waals surface area contributed by atoms with Gasteiger partial charge in [0.25, 0.3) is 0 Å². The smallest absolute Gasteiger partial charge is 0.423 e. The largest absolute Gasteiger partial charge is 0.508 e. The van der Waals surface area contributed by atoms with E-state index in [1.54, 1.807) is 12.1 Å². The van der Waals surface area contributed by atoms with Crippen LogP contribution in [0.2, 0.25) is 0 Å². The summed E-state index contributed by atoms with van der Waals surface area (Å²) in [6.07, 6.45) is 4.05. The first-order valence-electron chi connectivity index (χ1n) is 12.0. The van der Waals surface area contributed by atoms with Gasteiger partial charge in [-0.05, 0) is 54.9 Å². The molecule has 0 radical (unpaired) electrons. The van der Waals surface area contributed by atoms with Gasteiger partial charge in [-0.1, -0.05) is 50.1 Å². The van der Waals surface area contributed by atoms with Crippen molar-refractivity contribution in [3.05, 3.63) is 46.5 Å². The zero-order valence-corrected chi connectivity index (χ0v) is 20.2. The number of phenolic OH excluding ortho intramolecular Hbond substituents is 1. The molecule has 4 rings (SSSR count). The van der Waals surface area contributed by atoms with Crippen LogP contribution < -0.4 is 0 Å². The van der Waals surface area contributed by atoms with Crippen molar-refractivity contribution in [2.24, 2.45) is 23.7 Å². The van der Waals surface area contributed by atoms with Crippen LogP contribution >= 0.6 is 0 Å². The highest BCUT2D eigenvalue weighted by molar-refractivity contribution is 6.16. The summed E-state index contributed by atoms with van der Waals surface area (Å²) in [4.78, 5) is 38.9. The number of methoxy groups -OCH3 is 1. The maximum Gasteiger partial charge on any atom is 0.423 e. The van der Waals surface area contributed by atoms with Crippen molar-refractivity contribution in [2.45, 2.75) is 52.6 Å². The molecule has 7 heteroatoms. The molecule has 0 aromatic heterocycles. The van der Waals surface area contributed by atoms with Gasteiger partial charge in [-0.2, -0.15) is 4.90 Å². The first-order chi connectivity index (χ1) is 16.3. The van der Waals surface area contributed by atoms with E-state index in [9.17, 15) is 19.5 Å². The van der Waals surface area contributed by atoms with Crippen molar-refractivity contribution in [2.75, 3.05) is 13.7 Å². The summed E-state index contributed by atoms with van der Waals surface area (Å²) in [6, 6.07) is 7.19. The van der Waals surface area contributed by atoms with E-state index in [-0.39, 0.29) is 23.7 Å². The summed E-state index contributed by atoms with van der Waals surface area (Å²) in [7, 11) is 1.18. The van der Waals surface area contributed by atoms with Crippen LogP contribution in [0.15, 0.2) is 41.0 Å². The van der Waals surface area contributed by atoms with Gasteiger partial charge in [0, 0.05) is 5.92 Å². The number of nitrogens with zero attached hydrogens (tertiary/aromatic N) is 1. The fraction of sp³-hybridized carbons (Fsp3) is 0.519. The first kappa shape index (κ1) is 24.2. The standard InChI is InChI=1S/C27H33NO6/c1-5-16(11-17-7-6-8-18(29)12-17)9-10-22-23-19(15(2)3)13-20-24(21(23)14-34-22)26(31)28(25(20)30)27(32)33-4/h6-8,11-12,15,20-22,24,29H,5,9-10,13-14H2,1-4H3/b16-11+/t20-,21+,22-,24-/m1/s1. The van der Waals surface area contributed by atoms with Gasteiger partial charge in [0.15, 0.2) is 0 Å². The molecule has 3 aliphatic rings. The lowest BCUT2D eigenvalue weighted by Gasteiger charge is -2.33. The summed E-state index contributed by atoms with van der Waals surface area (Å²) in [5.74, 6) is -1.75. The maximum absolute atomic E-state index is 13.1. The molecule has 2 saturated heterocycles. The van der Waals surface area contributed by atoms with Crippen LogP contribution in [0, 0.1) is 23.7 Å². The van der Waals surface area contributed by atoms with Crippen LogP contribution in [0.25, 0.3) is 6.08 Å². The molecule has 1 N–H and O–H groups in total. The fourth-order valence-corrected chi connectivity index (χ4v) is 5.75. The van der Waals surface area contributed by atoms with Gasteiger partial charge in [0.2, 0.25) is 11.8 Å². The van der Waals surface area contributed by atoms with Crippen molar-refractivity contribution in [3.63, 3.8) is 0 Å². The Bertz CT molecular complexity index is 1050. The molecule has 2 aliphatic heterocycles. The Morgan fingerprint density at radius 3 is 2.68 bits per heavy atom. The minimum absolute atomic E-state index is 0.113. The third-order valence-corrected chi connectivity index (χ3v) is 7.42. The van der Waals surface area contributed by atoms with Gasteiger partial charge < -0.3 is 14.6 Å². The molecule has 3 amide bonds. The van der Waals surface area contributed by atoms with Crippen LogP contribution in [0.1, 0.15) is 52.0 Å². The van der Waals surface area contributed by atoms with Crippen LogP contribution in [-0.2, 0) is 19.1 Å². The van der Waals surface area contributed by atoms with Crippen molar-refractivity contribution in [1.29, 1.82) is 0 Å². The van der Waals surface area contributed by atoms with Gasteiger partial charge >= 0.3 is 6.09 Å². The molecule has 34 heavy (non-hydrogen) atoms. The highest BCUT2D eigenvalue weighted by Crippen LogP contribution is 2.51. The highest BCUT2D eigenvalue weighted by atomic mass is 16.5. The predicted octanol–water partition coefficient (Wildman–Crippen LogP) is 4.70. The summed E-state index contributed by atoms with van der Waals surface area (Å²) in [5.41, 5.74) is 4.54. The Morgan fingerprint density at radius 1 is 1.26 bits per heavy atom. The number of carbonyl (C=O) groups excluding carboxylic acids is 3. The van der Waals surface area contributed by atoms with Crippen molar-refractivity contribution in [3.8, 4) is 5.75 Å². The molecular formula is C27H33NO6. The predicted molar refractivity (Wildman–Crippen MR) is 127 cm³/mol. The van der Waals surface area contributed by atoms with Crippen LogP contribution in [0.3, 0.4) is 0 Å². The summed E-state index contributed by atoms with van der Waals surface area (Å²) >= 11 is 0. The number of likely N-dealkylation sites (tertiary alicyclic amines) is 1. The molecule has 1 aromatic carbocycles. The number of fused-ring (bicyclic) bond motifs is 3. The zero-order valence-electron chi connectivity index (χ0n) is 20.2. The van der Waals surface area contributed by atoms with Gasteiger partial charge in [-0.25, -0.2) is 4.79 Å². The quantitative estimate of drug-likeness (QED) is 0.481. The second-order valence-corrected chi connectivity index (χ2v) is 9.67. The normalized spacial score (nSPS) is 26.9. The van der Waals surface area contributed by atoms with Gasteiger partial charge in [-0.3, -0.25) is 9.59 Å². The molecule has 1 aliphatic carbocycles. The number of hydrogen-bond acceptors (Lipinski definition) is 6. The number of aromatic hydroxyl groups is 1. The lowest BCUT2D eigenvalue weighted by Crippen LogP contribution is -2.38. The van der Waals surface area contributed by atoms with E-state index in [4.69, 9.17) is 9.47 Å². The summed E-state index contributed by atoms with van der Waals surface area (Å²) in [5, 5.41) is 9.76. The van der Waals surface area contributed by atoms with E-state index >= 15 is 0 Å². The van der Waals surface area contributed by atoms with Crippen molar-refractivity contribution >= 4 is 24.0 Å². The van der Waals surface area contributed by atoms with E-state index in [1.165, 1.54) is 18.3 Å². The van der Waals surface area contributed by atoms with Gasteiger partial charge in [-0.15, -0.1) is 0 Å². The Morgan fingerprint density at radius 2 is 2.03 bits per heavy atom. The van der Waals surface area contributed by atoms with Gasteiger partial charge in [0.05, 0.1) is 31.7 Å². The third kappa shape index (κ3) is 4.29. The molecule has 7 nitrogen and oxygen atoms in total. The molecule has 4 atom stereocenters. The average Bonchev–Trinajstić information content (AvgIpc) is 3.34. The number of phenols is 1. The van der Waals surface area contributed by atoms with Crippen LogP contribution in [0.4, 0.5) is 4.79 Å². The number of imide groups is 3. The number of ether oxygens (including phenoxy) is 2. The molecule has 0 spiro atoms. The number of amides is 3.